The number of rotatable bonds is 4. The minimum atomic E-state index is 0.332. The molecule has 0 saturated heterocycles. The molecule has 1 N–H and O–H groups in total. The first-order valence-electron chi connectivity index (χ1n) is 7.05. The van der Waals surface area contributed by atoms with Gasteiger partial charge in [0.2, 0.25) is 0 Å². The van der Waals surface area contributed by atoms with Crippen LogP contribution >= 0.6 is 15.9 Å². The lowest BCUT2D eigenvalue weighted by Crippen LogP contribution is -2.22. The Morgan fingerprint density at radius 2 is 1.30 bits per heavy atom. The van der Waals surface area contributed by atoms with E-state index in [2.05, 4.69) is 91.4 Å². The van der Waals surface area contributed by atoms with Crippen LogP contribution in [0.5, 0.6) is 0 Å². The third-order valence-corrected chi connectivity index (χ3v) is 4.14. The van der Waals surface area contributed by atoms with E-state index in [4.69, 9.17) is 0 Å². The van der Waals surface area contributed by atoms with Crippen molar-refractivity contribution in [3.63, 3.8) is 0 Å². The van der Waals surface area contributed by atoms with Crippen LogP contribution in [0.15, 0.2) is 46.9 Å². The molecule has 2 atom stereocenters. The lowest BCUT2D eigenvalue weighted by atomic mass is 10.0. The zero-order valence-electron chi connectivity index (χ0n) is 12.6. The second kappa shape index (κ2) is 6.55. The van der Waals surface area contributed by atoms with Crippen molar-refractivity contribution in [2.45, 2.75) is 39.8 Å². The first-order chi connectivity index (χ1) is 9.45. The number of benzene rings is 2. The first-order valence-corrected chi connectivity index (χ1v) is 7.84. The molecular formula is C18H22BrN. The number of halogens is 1. The van der Waals surface area contributed by atoms with Crippen LogP contribution in [0.3, 0.4) is 0 Å². The Bertz CT molecular complexity index is 554. The van der Waals surface area contributed by atoms with Gasteiger partial charge in [-0.2, -0.15) is 0 Å². The van der Waals surface area contributed by atoms with Crippen molar-refractivity contribution in [2.75, 3.05) is 0 Å². The minimum Gasteiger partial charge on any atom is -0.304 e. The summed E-state index contributed by atoms with van der Waals surface area (Å²) >= 11 is 3.48. The van der Waals surface area contributed by atoms with Gasteiger partial charge >= 0.3 is 0 Å². The van der Waals surface area contributed by atoms with Gasteiger partial charge in [0, 0.05) is 16.6 Å². The van der Waals surface area contributed by atoms with Crippen molar-refractivity contribution < 1.29 is 0 Å². The van der Waals surface area contributed by atoms with E-state index in [1.807, 2.05) is 0 Å². The van der Waals surface area contributed by atoms with Gasteiger partial charge in [0.25, 0.3) is 0 Å². The molecule has 0 aromatic heterocycles. The van der Waals surface area contributed by atoms with Crippen LogP contribution in [0.1, 0.15) is 48.2 Å². The monoisotopic (exact) mass is 331 g/mol. The molecule has 0 amide bonds. The fourth-order valence-corrected chi connectivity index (χ4v) is 2.84. The van der Waals surface area contributed by atoms with Gasteiger partial charge in [0.05, 0.1) is 0 Å². The maximum atomic E-state index is 3.67. The van der Waals surface area contributed by atoms with Crippen LogP contribution in [-0.4, -0.2) is 0 Å². The van der Waals surface area contributed by atoms with Gasteiger partial charge in [-0.25, -0.2) is 0 Å². The SMILES string of the molecule is Cc1cc(C)cc(C(C)N[C@@H](C)c2ccc(Br)cc2)c1. The van der Waals surface area contributed by atoms with Crippen LogP contribution < -0.4 is 5.32 Å². The summed E-state index contributed by atoms with van der Waals surface area (Å²) in [6, 6.07) is 15.9. The molecule has 0 fully saturated rings. The average molecular weight is 332 g/mol. The second-order valence-corrected chi connectivity index (χ2v) is 6.50. The van der Waals surface area contributed by atoms with Gasteiger partial charge in [-0.3, -0.25) is 0 Å². The highest BCUT2D eigenvalue weighted by atomic mass is 79.9. The third kappa shape index (κ3) is 3.94. The molecule has 0 radical (unpaired) electrons. The standard InChI is InChI=1S/C18H22BrN/c1-12-9-13(2)11-17(10-12)15(4)20-14(3)16-5-7-18(19)8-6-16/h5-11,14-15,20H,1-4H3/t14-,15?/m0/s1. The molecule has 2 heteroatoms. The maximum absolute atomic E-state index is 3.67. The lowest BCUT2D eigenvalue weighted by Gasteiger charge is -2.21. The molecule has 2 aromatic carbocycles. The average Bonchev–Trinajstić information content (AvgIpc) is 2.38. The van der Waals surface area contributed by atoms with E-state index in [1.54, 1.807) is 0 Å². The van der Waals surface area contributed by atoms with E-state index in [1.165, 1.54) is 22.3 Å². The normalized spacial score (nSPS) is 14.1. The largest absolute Gasteiger partial charge is 0.304 e. The molecule has 0 aliphatic heterocycles. The highest BCUT2D eigenvalue weighted by Gasteiger charge is 2.11. The summed E-state index contributed by atoms with van der Waals surface area (Å²) in [5, 5.41) is 3.67. The Kier molecular flexibility index (Phi) is 5.00. The van der Waals surface area contributed by atoms with Gasteiger partial charge in [-0.1, -0.05) is 57.4 Å². The summed E-state index contributed by atoms with van der Waals surface area (Å²) in [5.41, 5.74) is 5.31. The van der Waals surface area contributed by atoms with Crippen LogP contribution in [-0.2, 0) is 0 Å². The van der Waals surface area contributed by atoms with E-state index in [9.17, 15) is 0 Å². The number of hydrogen-bond acceptors (Lipinski definition) is 1. The lowest BCUT2D eigenvalue weighted by molar-refractivity contribution is 0.494. The first kappa shape index (κ1) is 15.3. The number of nitrogens with one attached hydrogen (secondary N) is 1. The van der Waals surface area contributed by atoms with Crippen LogP contribution in [0, 0.1) is 13.8 Å². The molecule has 0 saturated carbocycles. The number of hydrogen-bond donors (Lipinski definition) is 1. The van der Waals surface area contributed by atoms with E-state index in [0.717, 1.165) is 4.47 Å². The van der Waals surface area contributed by atoms with Gasteiger partial charge in [-0.05, 0) is 51.0 Å². The zero-order valence-corrected chi connectivity index (χ0v) is 14.2. The topological polar surface area (TPSA) is 12.0 Å². The fraction of sp³-hybridized carbons (Fsp3) is 0.333. The molecule has 2 rings (SSSR count). The fourth-order valence-electron chi connectivity index (χ4n) is 2.58. The summed E-state index contributed by atoms with van der Waals surface area (Å²) in [7, 11) is 0. The Hall–Kier alpha value is -1.12. The van der Waals surface area contributed by atoms with Crippen LogP contribution in [0.25, 0.3) is 0 Å². The Labute approximate surface area is 130 Å². The minimum absolute atomic E-state index is 0.332. The quantitative estimate of drug-likeness (QED) is 0.782. The molecule has 2 aromatic rings. The summed E-state index contributed by atoms with van der Waals surface area (Å²) in [4.78, 5) is 0. The highest BCUT2D eigenvalue weighted by molar-refractivity contribution is 9.10. The van der Waals surface area contributed by atoms with Gasteiger partial charge in [0.1, 0.15) is 0 Å². The van der Waals surface area contributed by atoms with Crippen molar-refractivity contribution in [2.24, 2.45) is 0 Å². The molecule has 0 bridgehead atoms. The van der Waals surface area contributed by atoms with E-state index < -0.39 is 0 Å². The summed E-state index contributed by atoms with van der Waals surface area (Å²) in [6.45, 7) is 8.74. The summed E-state index contributed by atoms with van der Waals surface area (Å²) in [5.74, 6) is 0. The Morgan fingerprint density at radius 3 is 1.85 bits per heavy atom. The third-order valence-electron chi connectivity index (χ3n) is 3.61. The maximum Gasteiger partial charge on any atom is 0.0297 e. The zero-order chi connectivity index (χ0) is 14.7. The van der Waals surface area contributed by atoms with Crippen LogP contribution in [0.2, 0.25) is 0 Å². The molecule has 20 heavy (non-hydrogen) atoms. The van der Waals surface area contributed by atoms with Crippen molar-refractivity contribution in [1.29, 1.82) is 0 Å². The predicted octanol–water partition coefficient (Wildman–Crippen LogP) is 5.48. The van der Waals surface area contributed by atoms with E-state index in [0.29, 0.717) is 12.1 Å². The molecule has 1 nitrogen and oxygen atoms in total. The van der Waals surface area contributed by atoms with Crippen molar-refractivity contribution in [3.8, 4) is 0 Å². The Balaban J connectivity index is 2.10. The van der Waals surface area contributed by atoms with Crippen molar-refractivity contribution >= 4 is 15.9 Å². The summed E-state index contributed by atoms with van der Waals surface area (Å²) < 4.78 is 1.12. The smallest absolute Gasteiger partial charge is 0.0297 e. The van der Waals surface area contributed by atoms with Gasteiger partial charge < -0.3 is 5.32 Å². The molecular weight excluding hydrogens is 310 g/mol. The number of aryl methyl sites for hydroxylation is 2. The second-order valence-electron chi connectivity index (χ2n) is 5.58. The van der Waals surface area contributed by atoms with Gasteiger partial charge in [0.15, 0.2) is 0 Å². The van der Waals surface area contributed by atoms with E-state index >= 15 is 0 Å². The summed E-state index contributed by atoms with van der Waals surface area (Å²) in [6.07, 6.45) is 0. The Morgan fingerprint density at radius 1 is 0.800 bits per heavy atom. The molecule has 0 aliphatic rings. The molecule has 1 unspecified atom stereocenters. The highest BCUT2D eigenvalue weighted by Crippen LogP contribution is 2.22. The molecule has 106 valence electrons. The predicted molar refractivity (Wildman–Crippen MR) is 90.0 cm³/mol. The van der Waals surface area contributed by atoms with Crippen LogP contribution in [0.4, 0.5) is 0 Å². The van der Waals surface area contributed by atoms with Crippen molar-refractivity contribution in [3.05, 3.63) is 69.2 Å². The molecule has 0 heterocycles. The van der Waals surface area contributed by atoms with Crippen molar-refractivity contribution in [1.82, 2.24) is 5.32 Å². The molecule has 0 spiro atoms. The van der Waals surface area contributed by atoms with Gasteiger partial charge in [-0.15, -0.1) is 0 Å². The van der Waals surface area contributed by atoms with E-state index in [-0.39, 0.29) is 0 Å². The molecule has 0 aliphatic carbocycles.